The number of hydrogen-bond donors (Lipinski definition) is 1. The second kappa shape index (κ2) is 9.46. The number of fused-ring (bicyclic) bond motifs is 3. The Morgan fingerprint density at radius 1 is 1.02 bits per heavy atom. The number of para-hydroxylation sites is 2. The van der Waals surface area contributed by atoms with Crippen molar-refractivity contribution in [3.05, 3.63) is 130 Å². The highest BCUT2D eigenvalue weighted by Crippen LogP contribution is 2.41. The van der Waals surface area contributed by atoms with Gasteiger partial charge in [0.1, 0.15) is 23.9 Å². The fourth-order valence-corrected chi connectivity index (χ4v) is 5.25. The molecule has 3 aromatic heterocycles. The first kappa shape index (κ1) is 23.8. The monoisotopic (exact) mass is 531 g/mol. The molecule has 1 aliphatic rings. The van der Waals surface area contributed by atoms with E-state index in [2.05, 4.69) is 37.9 Å². The zero-order valence-corrected chi connectivity index (χ0v) is 21.4. The number of ether oxygens (including phenoxy) is 1. The van der Waals surface area contributed by atoms with Gasteiger partial charge in [0.2, 0.25) is 0 Å². The minimum Gasteiger partial charge on any atom is -0.488 e. The molecule has 0 atom stereocenters. The predicted molar refractivity (Wildman–Crippen MR) is 148 cm³/mol. The van der Waals surface area contributed by atoms with E-state index in [9.17, 15) is 9.18 Å². The highest BCUT2D eigenvalue weighted by atomic mass is 19.1. The van der Waals surface area contributed by atoms with Crippen LogP contribution in [0.4, 0.5) is 4.39 Å². The molecule has 40 heavy (non-hydrogen) atoms. The number of benzene rings is 3. The molecular formula is C31H22FN5O3. The molecule has 0 amide bonds. The summed E-state index contributed by atoms with van der Waals surface area (Å²) in [6, 6.07) is 24.4. The van der Waals surface area contributed by atoms with Crippen molar-refractivity contribution >= 4 is 22.2 Å². The number of aromatic nitrogens is 5. The predicted octanol–water partition coefficient (Wildman–Crippen LogP) is 5.83. The van der Waals surface area contributed by atoms with E-state index in [4.69, 9.17) is 14.2 Å². The Labute approximate surface area is 227 Å². The Hall–Kier alpha value is -5.31. The van der Waals surface area contributed by atoms with E-state index in [1.54, 1.807) is 12.3 Å². The first-order valence-electron chi connectivity index (χ1n) is 12.7. The summed E-state index contributed by atoms with van der Waals surface area (Å²) in [5.74, 6) is 0.452. The molecule has 0 aliphatic carbocycles. The highest BCUT2D eigenvalue weighted by molar-refractivity contribution is 5.99. The number of pyridine rings is 1. The van der Waals surface area contributed by atoms with Crippen LogP contribution >= 0.6 is 0 Å². The third kappa shape index (κ3) is 4.08. The summed E-state index contributed by atoms with van der Waals surface area (Å²) in [7, 11) is 0. The van der Waals surface area contributed by atoms with Gasteiger partial charge in [0.15, 0.2) is 11.6 Å². The molecule has 0 unspecified atom stereocenters. The lowest BCUT2D eigenvalue weighted by Gasteiger charge is -2.15. The summed E-state index contributed by atoms with van der Waals surface area (Å²) < 4.78 is 27.2. The second-order valence-corrected chi connectivity index (χ2v) is 9.59. The maximum Gasteiger partial charge on any atom is 0.439 e. The third-order valence-corrected chi connectivity index (χ3v) is 7.09. The van der Waals surface area contributed by atoms with Gasteiger partial charge in [-0.2, -0.15) is 0 Å². The van der Waals surface area contributed by atoms with Gasteiger partial charge in [0, 0.05) is 29.9 Å². The molecule has 0 radical (unpaired) electrons. The minimum absolute atomic E-state index is 0.240. The van der Waals surface area contributed by atoms with Crippen molar-refractivity contribution in [2.45, 2.75) is 20.1 Å². The van der Waals surface area contributed by atoms with Crippen molar-refractivity contribution in [3.8, 4) is 17.3 Å². The van der Waals surface area contributed by atoms with Crippen LogP contribution < -0.4 is 10.5 Å². The van der Waals surface area contributed by atoms with E-state index >= 15 is 0 Å². The zero-order chi connectivity index (χ0) is 27.2. The molecule has 6 aromatic rings. The summed E-state index contributed by atoms with van der Waals surface area (Å²) in [5.41, 5.74) is 7.69. The summed E-state index contributed by atoms with van der Waals surface area (Å²) in [4.78, 5) is 23.7. The van der Waals surface area contributed by atoms with Gasteiger partial charge in [-0.25, -0.2) is 14.2 Å². The number of rotatable bonds is 4. The van der Waals surface area contributed by atoms with Gasteiger partial charge in [0.25, 0.3) is 0 Å². The number of imidazole rings is 1. The van der Waals surface area contributed by atoms with Crippen molar-refractivity contribution in [2.75, 3.05) is 0 Å². The van der Waals surface area contributed by atoms with Crippen molar-refractivity contribution in [2.24, 2.45) is 0 Å². The topological polar surface area (TPSA) is 98.8 Å². The molecular weight excluding hydrogens is 509 g/mol. The maximum atomic E-state index is 14.2. The van der Waals surface area contributed by atoms with Crippen LogP contribution in [0.25, 0.3) is 33.7 Å². The number of halogens is 1. The minimum atomic E-state index is -0.647. The SMILES string of the molecule is CC(=C1c2ccc(Cn3c(-c4ccccn4)nc4ccccc43)cc2COc2cc(F)ccc21)c1noc(=O)[nH]1. The molecule has 4 heterocycles. The standard InChI is InChI=1S/C31H22FN5O3/c1-18(29-35-31(38)40-36-29)28-22-11-9-19(14-20(22)17-39-27-15-21(32)10-12-23(27)28)16-37-26-8-3-2-6-24(26)34-30(37)25-7-4-5-13-33-25/h2-15H,16-17H2,1H3,(H,35,36,38). The number of hydrogen-bond acceptors (Lipinski definition) is 6. The van der Waals surface area contributed by atoms with Crippen molar-refractivity contribution in [1.82, 2.24) is 24.7 Å². The molecule has 8 nitrogen and oxygen atoms in total. The summed E-state index contributed by atoms with van der Waals surface area (Å²) in [6.45, 7) is 2.63. The third-order valence-electron chi connectivity index (χ3n) is 7.09. The van der Waals surface area contributed by atoms with Crippen molar-refractivity contribution < 1.29 is 13.7 Å². The van der Waals surface area contributed by atoms with E-state index in [-0.39, 0.29) is 6.61 Å². The first-order chi connectivity index (χ1) is 19.5. The van der Waals surface area contributed by atoms with Crippen molar-refractivity contribution in [1.29, 1.82) is 0 Å². The Morgan fingerprint density at radius 2 is 1.88 bits per heavy atom. The Balaban J connectivity index is 1.37. The fraction of sp³-hybridized carbons (Fsp3) is 0.0968. The number of allylic oxidation sites excluding steroid dienone is 1. The molecule has 1 aliphatic heterocycles. The molecule has 1 N–H and O–H groups in total. The number of aromatic amines is 1. The molecule has 3 aromatic carbocycles. The van der Waals surface area contributed by atoms with E-state index in [0.717, 1.165) is 44.8 Å². The molecule has 0 fully saturated rings. The Bertz CT molecular complexity index is 1990. The normalized spacial score (nSPS) is 13.8. The van der Waals surface area contributed by atoms with Crippen LogP contribution in [0.5, 0.6) is 5.75 Å². The average Bonchev–Trinajstić information content (AvgIpc) is 3.53. The van der Waals surface area contributed by atoms with E-state index in [0.29, 0.717) is 29.3 Å². The molecule has 0 spiro atoms. The quantitative estimate of drug-likeness (QED) is 0.307. The fourth-order valence-electron chi connectivity index (χ4n) is 5.25. The molecule has 7 rings (SSSR count). The molecule has 196 valence electrons. The molecule has 9 heteroatoms. The average molecular weight is 532 g/mol. The number of nitrogens with zero attached hydrogens (tertiary/aromatic N) is 4. The smallest absolute Gasteiger partial charge is 0.439 e. The van der Waals surface area contributed by atoms with Crippen LogP contribution in [0.2, 0.25) is 0 Å². The van der Waals surface area contributed by atoms with E-state index < -0.39 is 11.6 Å². The largest absolute Gasteiger partial charge is 0.488 e. The van der Waals surface area contributed by atoms with Crippen LogP contribution in [0.15, 0.2) is 94.4 Å². The van der Waals surface area contributed by atoms with Gasteiger partial charge in [-0.3, -0.25) is 14.5 Å². The summed E-state index contributed by atoms with van der Waals surface area (Å²) in [6.07, 6.45) is 1.76. The lowest BCUT2D eigenvalue weighted by atomic mass is 9.89. The van der Waals surface area contributed by atoms with Crippen LogP contribution in [-0.4, -0.2) is 24.7 Å². The zero-order valence-electron chi connectivity index (χ0n) is 21.4. The van der Waals surface area contributed by atoms with Crippen molar-refractivity contribution in [3.63, 3.8) is 0 Å². The second-order valence-electron chi connectivity index (χ2n) is 9.59. The highest BCUT2D eigenvalue weighted by Gasteiger charge is 2.24. The van der Waals surface area contributed by atoms with E-state index in [1.807, 2.05) is 49.4 Å². The lowest BCUT2D eigenvalue weighted by Crippen LogP contribution is -2.05. The van der Waals surface area contributed by atoms with Crippen LogP contribution in [0.1, 0.15) is 35.0 Å². The molecule has 0 saturated heterocycles. The van der Waals surface area contributed by atoms with E-state index in [1.165, 1.54) is 12.1 Å². The van der Waals surface area contributed by atoms with Crippen LogP contribution in [0.3, 0.4) is 0 Å². The van der Waals surface area contributed by atoms with Gasteiger partial charge in [-0.1, -0.05) is 35.5 Å². The number of H-pyrrole nitrogens is 1. The molecule has 0 saturated carbocycles. The summed E-state index contributed by atoms with van der Waals surface area (Å²) >= 11 is 0. The van der Waals surface area contributed by atoms with Gasteiger partial charge in [-0.05, 0) is 71.7 Å². The maximum absolute atomic E-state index is 14.2. The van der Waals surface area contributed by atoms with Gasteiger partial charge >= 0.3 is 5.76 Å². The Kier molecular flexibility index (Phi) is 5.62. The van der Waals surface area contributed by atoms with Crippen LogP contribution in [0, 0.1) is 5.82 Å². The molecule has 0 bridgehead atoms. The van der Waals surface area contributed by atoms with Crippen LogP contribution in [-0.2, 0) is 13.2 Å². The Morgan fingerprint density at radius 3 is 2.70 bits per heavy atom. The lowest BCUT2D eigenvalue weighted by molar-refractivity contribution is 0.305. The van der Waals surface area contributed by atoms with Gasteiger partial charge in [0.05, 0.1) is 11.0 Å². The van der Waals surface area contributed by atoms with Gasteiger partial charge < -0.3 is 9.30 Å². The van der Waals surface area contributed by atoms with Gasteiger partial charge in [-0.15, -0.1) is 0 Å². The number of nitrogens with one attached hydrogen (secondary N) is 1. The first-order valence-corrected chi connectivity index (χ1v) is 12.7. The summed E-state index contributed by atoms with van der Waals surface area (Å²) in [5, 5.41) is 3.89.